The van der Waals surface area contributed by atoms with Gasteiger partial charge in [-0.2, -0.15) is 0 Å². The molecule has 0 radical (unpaired) electrons. The molecule has 9 aromatic carbocycles. The molecule has 248 valence electrons. The average Bonchev–Trinajstić information content (AvgIpc) is 3.77. The van der Waals surface area contributed by atoms with Crippen LogP contribution in [0.15, 0.2) is 194 Å². The topological polar surface area (TPSA) is 8.17 Å². The van der Waals surface area contributed by atoms with Gasteiger partial charge in [0.2, 0.25) is 0 Å². The standard InChI is InChI=1S/C50H32N2S/c1-2-13-36-31-39(29-25-33(36)11-1)52-46-19-7-5-16-41(46)44-32-37(26-30-47(44)52)34-23-27-38(28-24-34)51(45-20-9-14-35-12-3-4-15-40(35)45)48-21-10-18-43-42-17-6-8-22-49(42)53-50(43)48/h1-32H. The minimum absolute atomic E-state index is 1.13. The van der Waals surface area contributed by atoms with E-state index < -0.39 is 0 Å². The fraction of sp³-hybridized carbons (Fsp3) is 0. The van der Waals surface area contributed by atoms with Gasteiger partial charge in [0.05, 0.1) is 27.1 Å². The summed E-state index contributed by atoms with van der Waals surface area (Å²) in [5.74, 6) is 0. The lowest BCUT2D eigenvalue weighted by Crippen LogP contribution is -2.10. The van der Waals surface area contributed by atoms with Crippen molar-refractivity contribution in [3.05, 3.63) is 194 Å². The fourth-order valence-corrected chi connectivity index (χ4v) is 9.48. The molecule has 0 aliphatic carbocycles. The fourth-order valence-electron chi connectivity index (χ4n) is 8.27. The maximum atomic E-state index is 2.45. The van der Waals surface area contributed by atoms with E-state index in [1.165, 1.54) is 91.7 Å². The Hall–Kier alpha value is -6.68. The second-order valence-electron chi connectivity index (χ2n) is 13.7. The third kappa shape index (κ3) is 4.78. The summed E-state index contributed by atoms with van der Waals surface area (Å²) in [5.41, 5.74) is 9.48. The lowest BCUT2D eigenvalue weighted by molar-refractivity contribution is 1.19. The van der Waals surface area contributed by atoms with Crippen LogP contribution in [0.5, 0.6) is 0 Å². The Balaban J connectivity index is 1.06. The van der Waals surface area contributed by atoms with Gasteiger partial charge in [0, 0.05) is 43.0 Å². The van der Waals surface area contributed by atoms with Crippen LogP contribution >= 0.6 is 11.3 Å². The Morgan fingerprint density at radius 1 is 0.377 bits per heavy atom. The number of aromatic nitrogens is 1. The molecule has 0 aliphatic heterocycles. The molecule has 0 spiro atoms. The Morgan fingerprint density at radius 3 is 1.91 bits per heavy atom. The average molecular weight is 693 g/mol. The van der Waals surface area contributed by atoms with Gasteiger partial charge in [0.15, 0.2) is 0 Å². The molecular formula is C50H32N2S. The molecule has 0 saturated heterocycles. The van der Waals surface area contributed by atoms with Gasteiger partial charge < -0.3 is 9.47 Å². The molecule has 0 atom stereocenters. The summed E-state index contributed by atoms with van der Waals surface area (Å²) in [6, 6.07) is 71.0. The van der Waals surface area contributed by atoms with Crippen LogP contribution in [-0.2, 0) is 0 Å². The van der Waals surface area contributed by atoms with Crippen molar-refractivity contribution < 1.29 is 0 Å². The summed E-state index contributed by atoms with van der Waals surface area (Å²) >= 11 is 1.87. The molecule has 0 bridgehead atoms. The number of hydrogen-bond donors (Lipinski definition) is 0. The smallest absolute Gasteiger partial charge is 0.0640 e. The van der Waals surface area contributed by atoms with Crippen molar-refractivity contribution in [2.45, 2.75) is 0 Å². The number of hydrogen-bond acceptors (Lipinski definition) is 2. The van der Waals surface area contributed by atoms with E-state index in [-0.39, 0.29) is 0 Å². The zero-order valence-electron chi connectivity index (χ0n) is 28.8. The van der Waals surface area contributed by atoms with Gasteiger partial charge in [-0.1, -0.05) is 133 Å². The number of para-hydroxylation sites is 1. The molecule has 0 unspecified atom stereocenters. The van der Waals surface area contributed by atoms with Crippen LogP contribution in [0, 0.1) is 0 Å². The first kappa shape index (κ1) is 30.0. The van der Waals surface area contributed by atoms with Crippen LogP contribution in [-0.4, -0.2) is 4.57 Å². The highest BCUT2D eigenvalue weighted by atomic mass is 32.1. The number of rotatable bonds is 5. The second-order valence-corrected chi connectivity index (χ2v) is 14.8. The first-order valence-corrected chi connectivity index (χ1v) is 18.9. The van der Waals surface area contributed by atoms with Crippen molar-refractivity contribution in [3.8, 4) is 16.8 Å². The van der Waals surface area contributed by atoms with E-state index in [4.69, 9.17) is 0 Å². The van der Waals surface area contributed by atoms with Gasteiger partial charge in [-0.25, -0.2) is 0 Å². The van der Waals surface area contributed by atoms with Crippen molar-refractivity contribution in [1.82, 2.24) is 4.57 Å². The quantitative estimate of drug-likeness (QED) is 0.174. The Bertz CT molecular complexity index is 3180. The SMILES string of the molecule is c1ccc2cc(-n3c4ccccc4c4cc(-c5ccc(N(c6cccc7ccccc67)c6cccc7c6sc6ccccc67)cc5)ccc43)ccc2c1. The Labute approximate surface area is 311 Å². The molecule has 0 saturated carbocycles. The monoisotopic (exact) mass is 692 g/mol. The minimum Gasteiger partial charge on any atom is -0.309 e. The van der Waals surface area contributed by atoms with Crippen molar-refractivity contribution in [1.29, 1.82) is 0 Å². The zero-order chi connectivity index (χ0) is 34.9. The van der Waals surface area contributed by atoms with Crippen LogP contribution in [0.1, 0.15) is 0 Å². The zero-order valence-corrected chi connectivity index (χ0v) is 29.6. The maximum absolute atomic E-state index is 2.45. The molecule has 0 aliphatic rings. The van der Waals surface area contributed by atoms with Gasteiger partial charge >= 0.3 is 0 Å². The number of nitrogens with zero attached hydrogens (tertiary/aromatic N) is 2. The lowest BCUT2D eigenvalue weighted by Gasteiger charge is -2.27. The van der Waals surface area contributed by atoms with Gasteiger partial charge in [0.1, 0.15) is 0 Å². The van der Waals surface area contributed by atoms with Crippen molar-refractivity contribution >= 4 is 91.9 Å². The number of anilines is 3. The first-order chi connectivity index (χ1) is 26.3. The largest absolute Gasteiger partial charge is 0.309 e. The first-order valence-electron chi connectivity index (χ1n) is 18.1. The van der Waals surface area contributed by atoms with Crippen LogP contribution in [0.3, 0.4) is 0 Å². The summed E-state index contributed by atoms with van der Waals surface area (Å²) in [6.45, 7) is 0. The number of fused-ring (bicyclic) bond motifs is 8. The highest BCUT2D eigenvalue weighted by Crippen LogP contribution is 2.46. The number of benzene rings is 9. The molecular weight excluding hydrogens is 661 g/mol. The van der Waals surface area contributed by atoms with E-state index in [1.54, 1.807) is 0 Å². The van der Waals surface area contributed by atoms with E-state index in [9.17, 15) is 0 Å². The predicted octanol–water partition coefficient (Wildman–Crippen LogP) is 14.6. The van der Waals surface area contributed by atoms with Crippen LogP contribution in [0.2, 0.25) is 0 Å². The third-order valence-corrected chi connectivity index (χ3v) is 12.0. The predicted molar refractivity (Wildman–Crippen MR) is 229 cm³/mol. The molecule has 11 rings (SSSR count). The molecule has 3 heteroatoms. The van der Waals surface area contributed by atoms with Crippen molar-refractivity contribution in [2.24, 2.45) is 0 Å². The van der Waals surface area contributed by atoms with E-state index >= 15 is 0 Å². The molecule has 53 heavy (non-hydrogen) atoms. The van der Waals surface area contributed by atoms with Gasteiger partial charge in [0.25, 0.3) is 0 Å². The molecule has 0 fully saturated rings. The van der Waals surface area contributed by atoms with Crippen LogP contribution in [0.25, 0.3) is 80.3 Å². The van der Waals surface area contributed by atoms with Gasteiger partial charge in [-0.3, -0.25) is 0 Å². The van der Waals surface area contributed by atoms with Crippen molar-refractivity contribution in [2.75, 3.05) is 4.90 Å². The molecule has 2 heterocycles. The van der Waals surface area contributed by atoms with E-state index in [2.05, 4.69) is 204 Å². The molecule has 2 aromatic heterocycles. The summed E-state index contributed by atoms with van der Waals surface area (Å²) in [6.07, 6.45) is 0. The number of thiophene rings is 1. The maximum Gasteiger partial charge on any atom is 0.0640 e. The van der Waals surface area contributed by atoms with E-state index in [1.807, 2.05) is 11.3 Å². The van der Waals surface area contributed by atoms with Gasteiger partial charge in [-0.05, 0) is 87.9 Å². The summed E-state index contributed by atoms with van der Waals surface area (Å²) in [4.78, 5) is 2.45. The normalized spacial score (nSPS) is 11.8. The highest BCUT2D eigenvalue weighted by Gasteiger charge is 2.20. The van der Waals surface area contributed by atoms with Crippen LogP contribution < -0.4 is 4.90 Å². The van der Waals surface area contributed by atoms with E-state index in [0.29, 0.717) is 0 Å². The third-order valence-electron chi connectivity index (χ3n) is 10.8. The van der Waals surface area contributed by atoms with Crippen molar-refractivity contribution in [3.63, 3.8) is 0 Å². The molecule has 11 aromatic rings. The Morgan fingerprint density at radius 2 is 1.02 bits per heavy atom. The molecule has 2 nitrogen and oxygen atoms in total. The second kappa shape index (κ2) is 11.9. The van der Waals surface area contributed by atoms with E-state index in [0.717, 1.165) is 5.69 Å². The van der Waals surface area contributed by atoms with Crippen LogP contribution in [0.4, 0.5) is 17.1 Å². The lowest BCUT2D eigenvalue weighted by atomic mass is 10.0. The minimum atomic E-state index is 1.13. The molecule has 0 amide bonds. The summed E-state index contributed by atoms with van der Waals surface area (Å²) in [7, 11) is 0. The molecule has 0 N–H and O–H groups in total. The van der Waals surface area contributed by atoms with Gasteiger partial charge in [-0.15, -0.1) is 11.3 Å². The summed E-state index contributed by atoms with van der Waals surface area (Å²) in [5, 5.41) is 10.1. The Kier molecular flexibility index (Phi) is 6.76. The highest BCUT2D eigenvalue weighted by molar-refractivity contribution is 7.26. The summed E-state index contributed by atoms with van der Waals surface area (Å²) < 4.78 is 5.00.